The summed E-state index contributed by atoms with van der Waals surface area (Å²) in [5, 5.41) is 0. The highest BCUT2D eigenvalue weighted by atomic mass is 16.5. The summed E-state index contributed by atoms with van der Waals surface area (Å²) in [4.78, 5) is 13.7. The van der Waals surface area contributed by atoms with E-state index < -0.39 is 0 Å². The average molecular weight is 234 g/mol. The topological polar surface area (TPSA) is 55.6 Å². The molecule has 2 rings (SSSR count). The maximum Gasteiger partial charge on any atom is 0.337 e. The second kappa shape index (κ2) is 4.75. The molecule has 17 heavy (non-hydrogen) atoms. The van der Waals surface area contributed by atoms with Crippen LogP contribution in [0.2, 0.25) is 0 Å². The first kappa shape index (κ1) is 11.9. The SMILES string of the molecule is COC(=O)c1ccc(C2CCN(C)C2)c(N)c1. The number of benzene rings is 1. The lowest BCUT2D eigenvalue weighted by atomic mass is 9.95. The second-order valence-corrected chi connectivity index (χ2v) is 4.58. The number of likely N-dealkylation sites (N-methyl/N-ethyl adjacent to an activating group) is 1. The third-order valence-corrected chi connectivity index (χ3v) is 3.34. The lowest BCUT2D eigenvalue weighted by Gasteiger charge is -2.14. The van der Waals surface area contributed by atoms with Gasteiger partial charge >= 0.3 is 5.97 Å². The molecule has 1 unspecified atom stereocenters. The van der Waals surface area contributed by atoms with Crippen molar-refractivity contribution in [2.75, 3.05) is 33.0 Å². The van der Waals surface area contributed by atoms with Crippen LogP contribution in [0.25, 0.3) is 0 Å². The zero-order valence-corrected chi connectivity index (χ0v) is 10.3. The maximum atomic E-state index is 11.4. The summed E-state index contributed by atoms with van der Waals surface area (Å²) in [6.07, 6.45) is 1.12. The third kappa shape index (κ3) is 2.42. The molecule has 0 aromatic heterocycles. The molecule has 0 bridgehead atoms. The first-order valence-electron chi connectivity index (χ1n) is 5.78. The van der Waals surface area contributed by atoms with Crippen molar-refractivity contribution in [3.63, 3.8) is 0 Å². The van der Waals surface area contributed by atoms with Gasteiger partial charge in [-0.15, -0.1) is 0 Å². The molecule has 1 aliphatic heterocycles. The number of likely N-dealkylation sites (tertiary alicyclic amines) is 1. The molecule has 4 nitrogen and oxygen atoms in total. The van der Waals surface area contributed by atoms with Gasteiger partial charge in [-0.1, -0.05) is 6.07 Å². The van der Waals surface area contributed by atoms with E-state index in [9.17, 15) is 4.79 Å². The van der Waals surface area contributed by atoms with E-state index >= 15 is 0 Å². The lowest BCUT2D eigenvalue weighted by molar-refractivity contribution is 0.0601. The van der Waals surface area contributed by atoms with Gasteiger partial charge in [0.05, 0.1) is 12.7 Å². The van der Waals surface area contributed by atoms with Crippen LogP contribution in [-0.4, -0.2) is 38.1 Å². The van der Waals surface area contributed by atoms with Crippen molar-refractivity contribution in [2.24, 2.45) is 0 Å². The van der Waals surface area contributed by atoms with E-state index in [1.165, 1.54) is 7.11 Å². The maximum absolute atomic E-state index is 11.4. The van der Waals surface area contributed by atoms with Gasteiger partial charge in [0.2, 0.25) is 0 Å². The number of anilines is 1. The van der Waals surface area contributed by atoms with Gasteiger partial charge in [-0.3, -0.25) is 0 Å². The Labute approximate surface area is 101 Å². The van der Waals surface area contributed by atoms with E-state index in [0.29, 0.717) is 17.2 Å². The number of hydrogen-bond donors (Lipinski definition) is 1. The molecule has 1 aliphatic rings. The number of nitrogens with zero attached hydrogens (tertiary/aromatic N) is 1. The Morgan fingerprint density at radius 1 is 1.53 bits per heavy atom. The number of carbonyl (C=O) groups excluding carboxylic acids is 1. The van der Waals surface area contributed by atoms with Crippen molar-refractivity contribution in [3.05, 3.63) is 29.3 Å². The van der Waals surface area contributed by atoms with Crippen molar-refractivity contribution in [1.82, 2.24) is 4.90 Å². The Morgan fingerprint density at radius 2 is 2.29 bits per heavy atom. The molecule has 2 N–H and O–H groups in total. The van der Waals surface area contributed by atoms with Crippen LogP contribution in [0, 0.1) is 0 Å². The standard InChI is InChI=1S/C13H18N2O2/c1-15-6-5-10(8-15)11-4-3-9(7-12(11)14)13(16)17-2/h3-4,7,10H,5-6,8,14H2,1-2H3. The van der Waals surface area contributed by atoms with Gasteiger partial charge in [0, 0.05) is 12.2 Å². The lowest BCUT2D eigenvalue weighted by Crippen LogP contribution is -2.14. The molecule has 0 aliphatic carbocycles. The zero-order chi connectivity index (χ0) is 12.4. The Balaban J connectivity index is 2.23. The zero-order valence-electron chi connectivity index (χ0n) is 10.3. The van der Waals surface area contributed by atoms with Crippen LogP contribution < -0.4 is 5.73 Å². The Morgan fingerprint density at radius 3 is 2.82 bits per heavy atom. The van der Waals surface area contributed by atoms with Gasteiger partial charge < -0.3 is 15.4 Å². The van der Waals surface area contributed by atoms with Gasteiger partial charge in [-0.2, -0.15) is 0 Å². The van der Waals surface area contributed by atoms with Crippen LogP contribution >= 0.6 is 0 Å². The molecule has 1 aromatic rings. The van der Waals surface area contributed by atoms with E-state index in [1.54, 1.807) is 12.1 Å². The number of rotatable bonds is 2. The van der Waals surface area contributed by atoms with Gasteiger partial charge in [-0.25, -0.2) is 4.79 Å². The normalized spacial score (nSPS) is 20.5. The Kier molecular flexibility index (Phi) is 3.33. The quantitative estimate of drug-likeness (QED) is 0.622. The van der Waals surface area contributed by atoms with Crippen molar-refractivity contribution in [3.8, 4) is 0 Å². The van der Waals surface area contributed by atoms with E-state index in [2.05, 4.69) is 16.7 Å². The first-order valence-corrected chi connectivity index (χ1v) is 5.78. The van der Waals surface area contributed by atoms with Crippen LogP contribution in [-0.2, 0) is 4.74 Å². The van der Waals surface area contributed by atoms with Gasteiger partial charge in [0.25, 0.3) is 0 Å². The average Bonchev–Trinajstić information content (AvgIpc) is 2.74. The summed E-state index contributed by atoms with van der Waals surface area (Å²) in [6.45, 7) is 2.13. The molecule has 0 saturated carbocycles. The van der Waals surface area contributed by atoms with Crippen LogP contribution in [0.1, 0.15) is 28.3 Å². The van der Waals surface area contributed by atoms with Crippen molar-refractivity contribution in [1.29, 1.82) is 0 Å². The highest BCUT2D eigenvalue weighted by Crippen LogP contribution is 2.30. The predicted molar refractivity (Wildman–Crippen MR) is 67.0 cm³/mol. The molecule has 0 spiro atoms. The number of ether oxygens (including phenoxy) is 1. The van der Waals surface area contributed by atoms with E-state index in [0.717, 1.165) is 25.1 Å². The fraction of sp³-hybridized carbons (Fsp3) is 0.462. The number of nitrogens with two attached hydrogens (primary N) is 1. The molecule has 1 fully saturated rings. The Bertz CT molecular complexity index is 431. The minimum absolute atomic E-state index is 0.341. The minimum Gasteiger partial charge on any atom is -0.465 e. The summed E-state index contributed by atoms with van der Waals surface area (Å²) in [5.74, 6) is 0.137. The van der Waals surface area contributed by atoms with Crippen molar-refractivity contribution >= 4 is 11.7 Å². The minimum atomic E-state index is -0.341. The molecule has 1 aromatic carbocycles. The molecule has 4 heteroatoms. The second-order valence-electron chi connectivity index (χ2n) is 4.58. The third-order valence-electron chi connectivity index (χ3n) is 3.34. The first-order chi connectivity index (χ1) is 8.11. The number of hydrogen-bond acceptors (Lipinski definition) is 4. The highest BCUT2D eigenvalue weighted by Gasteiger charge is 2.23. The molecule has 1 atom stereocenters. The Hall–Kier alpha value is -1.55. The largest absolute Gasteiger partial charge is 0.465 e. The smallest absolute Gasteiger partial charge is 0.337 e. The van der Waals surface area contributed by atoms with Crippen molar-refractivity contribution in [2.45, 2.75) is 12.3 Å². The van der Waals surface area contributed by atoms with Crippen molar-refractivity contribution < 1.29 is 9.53 Å². The van der Waals surface area contributed by atoms with Gasteiger partial charge in [0.15, 0.2) is 0 Å². The summed E-state index contributed by atoms with van der Waals surface area (Å²) < 4.78 is 4.67. The molecule has 0 radical (unpaired) electrons. The van der Waals surface area contributed by atoms with Gasteiger partial charge in [-0.05, 0) is 43.6 Å². The van der Waals surface area contributed by atoms with Crippen LogP contribution in [0.5, 0.6) is 0 Å². The van der Waals surface area contributed by atoms with Crippen LogP contribution in [0.15, 0.2) is 18.2 Å². The van der Waals surface area contributed by atoms with Crippen LogP contribution in [0.4, 0.5) is 5.69 Å². The molecule has 0 amide bonds. The molecule has 1 saturated heterocycles. The number of methoxy groups -OCH3 is 1. The predicted octanol–water partition coefficient (Wildman–Crippen LogP) is 1.47. The molecular formula is C13H18N2O2. The van der Waals surface area contributed by atoms with E-state index in [-0.39, 0.29) is 5.97 Å². The summed E-state index contributed by atoms with van der Waals surface area (Å²) in [7, 11) is 3.48. The highest BCUT2D eigenvalue weighted by molar-refractivity contribution is 5.90. The monoisotopic (exact) mass is 234 g/mol. The summed E-state index contributed by atoms with van der Waals surface area (Å²) in [5.41, 5.74) is 8.36. The molecular weight excluding hydrogens is 216 g/mol. The molecule has 1 heterocycles. The summed E-state index contributed by atoms with van der Waals surface area (Å²) in [6, 6.07) is 5.45. The molecule has 92 valence electrons. The van der Waals surface area contributed by atoms with E-state index in [4.69, 9.17) is 5.73 Å². The summed E-state index contributed by atoms with van der Waals surface area (Å²) >= 11 is 0. The number of carbonyl (C=O) groups is 1. The van der Waals surface area contributed by atoms with Crippen LogP contribution in [0.3, 0.4) is 0 Å². The fourth-order valence-electron chi connectivity index (χ4n) is 2.38. The van der Waals surface area contributed by atoms with E-state index in [1.807, 2.05) is 6.07 Å². The van der Waals surface area contributed by atoms with Gasteiger partial charge in [0.1, 0.15) is 0 Å². The fourth-order valence-corrected chi connectivity index (χ4v) is 2.38. The number of esters is 1. The number of nitrogen functional groups attached to an aromatic ring is 1.